The Labute approximate surface area is 123 Å². The summed E-state index contributed by atoms with van der Waals surface area (Å²) in [6, 6.07) is 1.62. The van der Waals surface area contributed by atoms with Crippen molar-refractivity contribution in [1.29, 1.82) is 0 Å². The fourth-order valence-electron chi connectivity index (χ4n) is 2.00. The van der Waals surface area contributed by atoms with Crippen molar-refractivity contribution < 1.29 is 14.7 Å². The molecule has 1 heterocycles. The Morgan fingerprint density at radius 3 is 2.63 bits per heavy atom. The van der Waals surface area contributed by atoms with Gasteiger partial charge in [0.05, 0.1) is 12.0 Å². The Balaban J connectivity index is 1.74. The summed E-state index contributed by atoms with van der Waals surface area (Å²) < 4.78 is 0.994. The number of amides is 2. The van der Waals surface area contributed by atoms with Gasteiger partial charge < -0.3 is 15.7 Å². The highest BCUT2D eigenvalue weighted by Crippen LogP contribution is 2.40. The van der Waals surface area contributed by atoms with Crippen LogP contribution in [0.4, 0.5) is 4.79 Å². The molecule has 1 aromatic heterocycles. The molecule has 1 saturated carbocycles. The van der Waals surface area contributed by atoms with Crippen molar-refractivity contribution in [2.45, 2.75) is 25.8 Å². The minimum atomic E-state index is -0.818. The third-order valence-electron chi connectivity index (χ3n) is 3.40. The molecule has 1 aliphatic carbocycles. The highest BCUT2D eigenvalue weighted by molar-refractivity contribution is 9.10. The molecular weight excluding hydrogens is 332 g/mol. The minimum Gasteiger partial charge on any atom is -0.481 e. The molecule has 19 heavy (non-hydrogen) atoms. The third-order valence-corrected chi connectivity index (χ3v) is 5.09. The zero-order valence-corrected chi connectivity index (χ0v) is 12.6. The average molecular weight is 347 g/mol. The van der Waals surface area contributed by atoms with Gasteiger partial charge in [-0.3, -0.25) is 4.79 Å². The van der Waals surface area contributed by atoms with Crippen molar-refractivity contribution in [3.8, 4) is 0 Å². The zero-order valence-electron chi connectivity index (χ0n) is 10.2. The van der Waals surface area contributed by atoms with Crippen LogP contribution in [-0.4, -0.2) is 23.7 Å². The predicted octanol–water partition coefficient (Wildman–Crippen LogP) is 2.56. The van der Waals surface area contributed by atoms with E-state index in [1.807, 2.05) is 11.4 Å². The number of carbonyl (C=O) groups excluding carboxylic acids is 1. The highest BCUT2D eigenvalue weighted by atomic mass is 79.9. The molecule has 0 unspecified atom stereocenters. The van der Waals surface area contributed by atoms with Gasteiger partial charge >= 0.3 is 12.0 Å². The number of halogens is 1. The molecule has 1 fully saturated rings. The van der Waals surface area contributed by atoms with Crippen LogP contribution in [0.15, 0.2) is 15.9 Å². The van der Waals surface area contributed by atoms with Gasteiger partial charge in [0.2, 0.25) is 0 Å². The van der Waals surface area contributed by atoms with Crippen molar-refractivity contribution in [3.05, 3.63) is 20.8 Å². The SMILES string of the molecule is O=C(NCc1cc(Br)cs1)NCC1(C(=O)O)CCC1. The van der Waals surface area contributed by atoms with E-state index in [0.29, 0.717) is 19.4 Å². The first-order valence-electron chi connectivity index (χ1n) is 6.00. The van der Waals surface area contributed by atoms with Gasteiger partial charge in [0.25, 0.3) is 0 Å². The first-order valence-corrected chi connectivity index (χ1v) is 7.67. The number of urea groups is 1. The lowest BCUT2D eigenvalue weighted by Gasteiger charge is -2.37. The number of rotatable bonds is 5. The summed E-state index contributed by atoms with van der Waals surface area (Å²) in [6.45, 7) is 0.643. The molecule has 1 aromatic rings. The number of aliphatic carboxylic acids is 1. The maximum Gasteiger partial charge on any atom is 0.315 e. The van der Waals surface area contributed by atoms with Gasteiger partial charge in [-0.1, -0.05) is 6.42 Å². The Morgan fingerprint density at radius 2 is 2.16 bits per heavy atom. The lowest BCUT2D eigenvalue weighted by molar-refractivity contribution is -0.153. The lowest BCUT2D eigenvalue weighted by Crippen LogP contribution is -2.49. The monoisotopic (exact) mass is 346 g/mol. The molecule has 3 N–H and O–H groups in total. The smallest absolute Gasteiger partial charge is 0.315 e. The van der Waals surface area contributed by atoms with E-state index in [2.05, 4.69) is 26.6 Å². The van der Waals surface area contributed by atoms with E-state index in [1.54, 1.807) is 11.3 Å². The van der Waals surface area contributed by atoms with E-state index in [9.17, 15) is 9.59 Å². The van der Waals surface area contributed by atoms with Crippen molar-refractivity contribution in [2.24, 2.45) is 5.41 Å². The Kier molecular flexibility index (Phi) is 4.46. The van der Waals surface area contributed by atoms with Crippen LogP contribution in [0.1, 0.15) is 24.1 Å². The van der Waals surface area contributed by atoms with Gasteiger partial charge in [-0.25, -0.2) is 4.79 Å². The number of hydrogen-bond donors (Lipinski definition) is 3. The van der Waals surface area contributed by atoms with E-state index in [0.717, 1.165) is 15.8 Å². The molecule has 0 spiro atoms. The van der Waals surface area contributed by atoms with Crippen LogP contribution in [0.25, 0.3) is 0 Å². The average Bonchev–Trinajstić information content (AvgIpc) is 2.70. The Bertz CT molecular complexity index is 485. The van der Waals surface area contributed by atoms with E-state index in [4.69, 9.17) is 5.11 Å². The molecule has 0 aromatic carbocycles. The third kappa shape index (κ3) is 3.48. The summed E-state index contributed by atoms with van der Waals surface area (Å²) in [6.07, 6.45) is 2.19. The molecule has 5 nitrogen and oxygen atoms in total. The number of hydrogen-bond acceptors (Lipinski definition) is 3. The molecule has 104 valence electrons. The Morgan fingerprint density at radius 1 is 1.42 bits per heavy atom. The highest BCUT2D eigenvalue weighted by Gasteiger charge is 2.44. The zero-order chi connectivity index (χ0) is 13.9. The van der Waals surface area contributed by atoms with Gasteiger partial charge in [-0.15, -0.1) is 11.3 Å². The number of carbonyl (C=O) groups is 2. The fourth-order valence-corrected chi connectivity index (χ4v) is 3.39. The molecule has 0 aliphatic heterocycles. The quantitative estimate of drug-likeness (QED) is 0.766. The molecule has 0 bridgehead atoms. The summed E-state index contributed by atoms with van der Waals surface area (Å²) in [7, 11) is 0. The second-order valence-corrected chi connectivity index (χ2v) is 6.62. The number of thiophene rings is 1. The maximum absolute atomic E-state index is 11.6. The summed E-state index contributed by atoms with van der Waals surface area (Å²) in [4.78, 5) is 23.8. The molecule has 7 heteroatoms. The molecule has 2 rings (SSSR count). The molecule has 2 amide bonds. The number of carboxylic acid groups (broad SMARTS) is 1. The molecule has 1 aliphatic rings. The molecule has 0 saturated heterocycles. The van der Waals surface area contributed by atoms with Gasteiger partial charge in [0, 0.05) is 21.3 Å². The molecule has 0 atom stereocenters. The van der Waals surface area contributed by atoms with Crippen molar-refractivity contribution in [3.63, 3.8) is 0 Å². The predicted molar refractivity (Wildman–Crippen MR) is 76.2 cm³/mol. The van der Waals surface area contributed by atoms with Gasteiger partial charge in [-0.05, 0) is 34.8 Å². The van der Waals surface area contributed by atoms with Gasteiger partial charge in [0.15, 0.2) is 0 Å². The fraction of sp³-hybridized carbons (Fsp3) is 0.500. The van der Waals surface area contributed by atoms with E-state index in [-0.39, 0.29) is 12.6 Å². The van der Waals surface area contributed by atoms with Crippen LogP contribution in [0, 0.1) is 5.41 Å². The van der Waals surface area contributed by atoms with Crippen LogP contribution in [0.2, 0.25) is 0 Å². The second-order valence-electron chi connectivity index (χ2n) is 4.71. The van der Waals surface area contributed by atoms with Crippen molar-refractivity contribution >= 4 is 39.3 Å². The van der Waals surface area contributed by atoms with Crippen LogP contribution >= 0.6 is 27.3 Å². The van der Waals surface area contributed by atoms with Crippen LogP contribution in [0.3, 0.4) is 0 Å². The van der Waals surface area contributed by atoms with E-state index in [1.165, 1.54) is 0 Å². The molecular formula is C12H15BrN2O3S. The maximum atomic E-state index is 11.6. The first kappa shape index (κ1) is 14.3. The second kappa shape index (κ2) is 5.92. The van der Waals surface area contributed by atoms with E-state index >= 15 is 0 Å². The summed E-state index contributed by atoms with van der Waals surface area (Å²) in [5.41, 5.74) is -0.747. The standard InChI is InChI=1S/C12H15BrN2O3S/c13-8-4-9(19-6-8)5-14-11(18)15-7-12(10(16)17)2-1-3-12/h4,6H,1-3,5,7H2,(H,16,17)(H2,14,15,18). The normalized spacial score (nSPS) is 16.5. The van der Waals surface area contributed by atoms with Gasteiger partial charge in [0.1, 0.15) is 0 Å². The minimum absolute atomic E-state index is 0.197. The van der Waals surface area contributed by atoms with Crippen molar-refractivity contribution in [2.75, 3.05) is 6.54 Å². The number of carboxylic acids is 1. The summed E-state index contributed by atoms with van der Waals surface area (Å²) >= 11 is 4.90. The lowest BCUT2D eigenvalue weighted by atomic mass is 9.69. The van der Waals surface area contributed by atoms with Crippen molar-refractivity contribution in [1.82, 2.24) is 10.6 Å². The summed E-state index contributed by atoms with van der Waals surface area (Å²) in [5.74, 6) is -0.818. The first-order chi connectivity index (χ1) is 9.02. The van der Waals surface area contributed by atoms with Gasteiger partial charge in [-0.2, -0.15) is 0 Å². The Hall–Kier alpha value is -1.08. The summed E-state index contributed by atoms with van der Waals surface area (Å²) in [5, 5.41) is 16.4. The largest absolute Gasteiger partial charge is 0.481 e. The topological polar surface area (TPSA) is 78.4 Å². The number of nitrogens with one attached hydrogen (secondary N) is 2. The van der Waals surface area contributed by atoms with E-state index < -0.39 is 11.4 Å². The molecule has 0 radical (unpaired) electrons. The van der Waals surface area contributed by atoms with Crippen LogP contribution < -0.4 is 10.6 Å². The van der Waals surface area contributed by atoms with Crippen LogP contribution in [0.5, 0.6) is 0 Å². The van der Waals surface area contributed by atoms with Crippen LogP contribution in [-0.2, 0) is 11.3 Å².